The van der Waals surface area contributed by atoms with E-state index in [0.717, 1.165) is 35.1 Å². The summed E-state index contributed by atoms with van der Waals surface area (Å²) in [5, 5.41) is 10.1. The fourth-order valence-corrected chi connectivity index (χ4v) is 3.40. The highest BCUT2D eigenvalue weighted by atomic mass is 16.3. The first kappa shape index (κ1) is 15.3. The molecule has 23 heavy (non-hydrogen) atoms. The lowest BCUT2D eigenvalue weighted by Crippen LogP contribution is -2.13. The third kappa shape index (κ3) is 2.85. The number of aliphatic hydroxyl groups is 1. The first-order valence-corrected chi connectivity index (χ1v) is 7.87. The lowest BCUT2D eigenvalue weighted by Gasteiger charge is -2.25. The molecule has 0 saturated carbocycles. The van der Waals surface area contributed by atoms with Gasteiger partial charge in [0.2, 0.25) is 0 Å². The number of aliphatic hydroxyl groups excluding tert-OH is 1. The molecule has 0 atom stereocenters. The number of allylic oxidation sites excluding steroid dienone is 3. The molecule has 0 bridgehead atoms. The van der Waals surface area contributed by atoms with Crippen molar-refractivity contribution < 1.29 is 9.90 Å². The average Bonchev–Trinajstić information content (AvgIpc) is 2.55. The zero-order valence-corrected chi connectivity index (χ0v) is 13.5. The van der Waals surface area contributed by atoms with Gasteiger partial charge < -0.3 is 5.11 Å². The van der Waals surface area contributed by atoms with Crippen molar-refractivity contribution in [3.05, 3.63) is 88.2 Å². The monoisotopic (exact) mass is 304 g/mol. The van der Waals surface area contributed by atoms with Gasteiger partial charge in [0.05, 0.1) is 5.57 Å². The lowest BCUT2D eigenvalue weighted by atomic mass is 9.78. The second-order valence-electron chi connectivity index (χ2n) is 5.89. The SMILES string of the molecule is CC(=O)/C(C1=C(c2ccccc2)c2ccccc2CC1)=C(/C)O. The van der Waals surface area contributed by atoms with Crippen LogP contribution in [0.15, 0.2) is 71.5 Å². The summed E-state index contributed by atoms with van der Waals surface area (Å²) in [7, 11) is 0. The van der Waals surface area contributed by atoms with Crippen LogP contribution in [0.3, 0.4) is 0 Å². The molecule has 0 aliphatic heterocycles. The van der Waals surface area contributed by atoms with Gasteiger partial charge in [-0.2, -0.15) is 0 Å². The van der Waals surface area contributed by atoms with E-state index in [0.29, 0.717) is 5.57 Å². The van der Waals surface area contributed by atoms with E-state index in [1.54, 1.807) is 6.92 Å². The quantitative estimate of drug-likeness (QED) is 0.649. The van der Waals surface area contributed by atoms with Crippen LogP contribution in [0.5, 0.6) is 0 Å². The molecule has 116 valence electrons. The van der Waals surface area contributed by atoms with Gasteiger partial charge in [0.1, 0.15) is 5.76 Å². The Morgan fingerprint density at radius 1 is 0.913 bits per heavy atom. The Kier molecular flexibility index (Phi) is 4.16. The van der Waals surface area contributed by atoms with Crippen LogP contribution in [0.25, 0.3) is 5.57 Å². The van der Waals surface area contributed by atoms with Gasteiger partial charge in [-0.15, -0.1) is 0 Å². The van der Waals surface area contributed by atoms with E-state index >= 15 is 0 Å². The standard InChI is InChI=1S/C21H20O2/c1-14(22)20(15(2)23)19-13-12-16-8-6-7-11-18(16)21(19)17-9-4-3-5-10-17/h3-11,22H,12-13H2,1-2H3/b20-14+. The third-order valence-electron chi connectivity index (χ3n) is 4.31. The number of rotatable bonds is 3. The maximum atomic E-state index is 12.1. The first-order chi connectivity index (χ1) is 11.1. The molecule has 1 aliphatic carbocycles. The minimum Gasteiger partial charge on any atom is -0.512 e. The topological polar surface area (TPSA) is 37.3 Å². The Morgan fingerprint density at radius 2 is 1.57 bits per heavy atom. The molecule has 0 amide bonds. The van der Waals surface area contributed by atoms with Gasteiger partial charge in [0.25, 0.3) is 0 Å². The highest BCUT2D eigenvalue weighted by molar-refractivity contribution is 6.03. The van der Waals surface area contributed by atoms with Crippen LogP contribution in [0.2, 0.25) is 0 Å². The number of hydrogen-bond acceptors (Lipinski definition) is 2. The molecule has 3 rings (SSSR count). The predicted octanol–water partition coefficient (Wildman–Crippen LogP) is 4.86. The van der Waals surface area contributed by atoms with Crippen LogP contribution in [0, 0.1) is 0 Å². The van der Waals surface area contributed by atoms with Crippen molar-refractivity contribution in [2.24, 2.45) is 0 Å². The van der Waals surface area contributed by atoms with Crippen molar-refractivity contribution in [3.8, 4) is 0 Å². The number of carbonyl (C=O) groups is 1. The smallest absolute Gasteiger partial charge is 0.163 e. The Hall–Kier alpha value is -2.61. The third-order valence-corrected chi connectivity index (χ3v) is 4.31. The normalized spacial score (nSPS) is 15.0. The van der Waals surface area contributed by atoms with Crippen molar-refractivity contribution >= 4 is 11.4 Å². The molecule has 0 aromatic heterocycles. The lowest BCUT2D eigenvalue weighted by molar-refractivity contribution is -0.113. The zero-order valence-electron chi connectivity index (χ0n) is 13.5. The molecular formula is C21H20O2. The summed E-state index contributed by atoms with van der Waals surface area (Å²) in [5.41, 5.74) is 5.98. The van der Waals surface area contributed by atoms with Crippen molar-refractivity contribution in [2.45, 2.75) is 26.7 Å². The second-order valence-corrected chi connectivity index (χ2v) is 5.89. The molecule has 0 heterocycles. The van der Waals surface area contributed by atoms with E-state index in [1.807, 2.05) is 30.3 Å². The maximum Gasteiger partial charge on any atom is 0.163 e. The Labute approximate surface area is 136 Å². The van der Waals surface area contributed by atoms with Gasteiger partial charge in [0, 0.05) is 0 Å². The molecule has 0 unspecified atom stereocenters. The molecule has 0 spiro atoms. The van der Waals surface area contributed by atoms with Crippen LogP contribution < -0.4 is 0 Å². The minimum atomic E-state index is -0.0900. The first-order valence-electron chi connectivity index (χ1n) is 7.87. The van der Waals surface area contributed by atoms with Crippen LogP contribution in [-0.4, -0.2) is 10.9 Å². The van der Waals surface area contributed by atoms with E-state index in [9.17, 15) is 9.90 Å². The fourth-order valence-electron chi connectivity index (χ4n) is 3.40. The van der Waals surface area contributed by atoms with Crippen molar-refractivity contribution in [1.29, 1.82) is 0 Å². The number of ketones is 1. The van der Waals surface area contributed by atoms with E-state index in [1.165, 1.54) is 12.5 Å². The van der Waals surface area contributed by atoms with E-state index in [-0.39, 0.29) is 11.5 Å². The molecule has 0 saturated heterocycles. The molecule has 2 nitrogen and oxygen atoms in total. The molecule has 2 heteroatoms. The van der Waals surface area contributed by atoms with E-state index < -0.39 is 0 Å². The molecule has 1 aliphatic rings. The van der Waals surface area contributed by atoms with Crippen LogP contribution >= 0.6 is 0 Å². The number of carbonyl (C=O) groups excluding carboxylic acids is 1. The number of Topliss-reactive ketones (excluding diaryl/α,β-unsaturated/α-hetero) is 1. The number of hydrogen-bond donors (Lipinski definition) is 1. The van der Waals surface area contributed by atoms with Gasteiger partial charge in [0.15, 0.2) is 5.78 Å². The molecule has 0 radical (unpaired) electrons. The largest absolute Gasteiger partial charge is 0.512 e. The molecular weight excluding hydrogens is 284 g/mol. The van der Waals surface area contributed by atoms with Crippen LogP contribution in [0.4, 0.5) is 0 Å². The summed E-state index contributed by atoms with van der Waals surface area (Å²) < 4.78 is 0. The fraction of sp³-hybridized carbons (Fsp3) is 0.190. The van der Waals surface area contributed by atoms with Gasteiger partial charge >= 0.3 is 0 Å². The maximum absolute atomic E-state index is 12.1. The average molecular weight is 304 g/mol. The van der Waals surface area contributed by atoms with Gasteiger partial charge in [-0.25, -0.2) is 0 Å². The number of fused-ring (bicyclic) bond motifs is 1. The Bertz CT molecular complexity index is 807. The van der Waals surface area contributed by atoms with Crippen molar-refractivity contribution in [2.75, 3.05) is 0 Å². The summed E-state index contributed by atoms with van der Waals surface area (Å²) in [6.45, 7) is 3.11. The summed E-state index contributed by atoms with van der Waals surface area (Å²) in [5.74, 6) is 0.00752. The van der Waals surface area contributed by atoms with Crippen LogP contribution in [0.1, 0.15) is 37.0 Å². The molecule has 1 N–H and O–H groups in total. The summed E-state index contributed by atoms with van der Waals surface area (Å²) in [6, 6.07) is 18.4. The van der Waals surface area contributed by atoms with Gasteiger partial charge in [-0.1, -0.05) is 54.6 Å². The summed E-state index contributed by atoms with van der Waals surface area (Å²) in [4.78, 5) is 12.1. The van der Waals surface area contributed by atoms with Gasteiger partial charge in [-0.05, 0) is 54.5 Å². The van der Waals surface area contributed by atoms with E-state index in [4.69, 9.17) is 0 Å². The van der Waals surface area contributed by atoms with Crippen LogP contribution in [-0.2, 0) is 11.2 Å². The van der Waals surface area contributed by atoms with Crippen molar-refractivity contribution in [3.63, 3.8) is 0 Å². The number of aryl methyl sites for hydroxylation is 1. The molecule has 0 fully saturated rings. The van der Waals surface area contributed by atoms with Gasteiger partial charge in [-0.3, -0.25) is 4.79 Å². The number of benzene rings is 2. The van der Waals surface area contributed by atoms with Crippen molar-refractivity contribution in [1.82, 2.24) is 0 Å². The summed E-state index contributed by atoms with van der Waals surface area (Å²) >= 11 is 0. The molecule has 2 aromatic rings. The minimum absolute atomic E-state index is 0.0900. The summed E-state index contributed by atoms with van der Waals surface area (Å²) in [6.07, 6.45) is 1.64. The predicted molar refractivity (Wildman–Crippen MR) is 93.2 cm³/mol. The second kappa shape index (κ2) is 6.25. The Morgan fingerprint density at radius 3 is 2.22 bits per heavy atom. The van der Waals surface area contributed by atoms with E-state index in [2.05, 4.69) is 24.3 Å². The highest BCUT2D eigenvalue weighted by Crippen LogP contribution is 2.39. The Balaban J connectivity index is 2.34. The zero-order chi connectivity index (χ0) is 16.4. The molecule has 2 aromatic carbocycles. The highest BCUT2D eigenvalue weighted by Gasteiger charge is 2.25.